The number of hydrogen-bond donors (Lipinski definition) is 2. The summed E-state index contributed by atoms with van der Waals surface area (Å²) in [7, 11) is 1.93. The number of non-ortho nitro benzene ring substituents is 1. The van der Waals surface area contributed by atoms with Gasteiger partial charge in [0.15, 0.2) is 5.88 Å². The van der Waals surface area contributed by atoms with Gasteiger partial charge in [-0.3, -0.25) is 14.9 Å². The monoisotopic (exact) mass is 548 g/mol. The number of nitrogens with zero attached hydrogens (tertiary/aromatic N) is 5. The summed E-state index contributed by atoms with van der Waals surface area (Å²) < 4.78 is 1.93. The molecule has 1 fully saturated rings. The zero-order valence-corrected chi connectivity index (χ0v) is 22.4. The number of aryl methyl sites for hydroxylation is 1. The van der Waals surface area contributed by atoms with Crippen LogP contribution in [0.4, 0.5) is 11.4 Å². The fourth-order valence-electron chi connectivity index (χ4n) is 5.26. The molecule has 1 aliphatic rings. The van der Waals surface area contributed by atoms with Crippen LogP contribution in [-0.2, 0) is 18.4 Å². The van der Waals surface area contributed by atoms with Gasteiger partial charge in [0.1, 0.15) is 5.82 Å². The van der Waals surface area contributed by atoms with Crippen LogP contribution >= 0.6 is 0 Å². The van der Waals surface area contributed by atoms with Gasteiger partial charge in [-0.25, -0.2) is 9.98 Å². The van der Waals surface area contributed by atoms with Crippen molar-refractivity contribution in [2.75, 3.05) is 6.54 Å². The quantitative estimate of drug-likeness (QED) is 0.149. The number of nitro groups is 1. The van der Waals surface area contributed by atoms with Gasteiger partial charge >= 0.3 is 0 Å². The lowest BCUT2D eigenvalue weighted by molar-refractivity contribution is -0.384. The number of aromatic hydroxyl groups is 1. The summed E-state index contributed by atoms with van der Waals surface area (Å²) in [6, 6.07) is 19.7. The summed E-state index contributed by atoms with van der Waals surface area (Å²) in [5, 5.41) is 23.0. The van der Waals surface area contributed by atoms with Crippen LogP contribution in [-0.4, -0.2) is 47.6 Å². The summed E-state index contributed by atoms with van der Waals surface area (Å²) >= 11 is 0. The van der Waals surface area contributed by atoms with E-state index in [1.807, 2.05) is 71.2 Å². The second kappa shape index (κ2) is 10.7. The Hall–Kier alpha value is -5.25. The fourth-order valence-corrected chi connectivity index (χ4v) is 5.26. The van der Waals surface area contributed by atoms with E-state index in [0.29, 0.717) is 40.8 Å². The van der Waals surface area contributed by atoms with Crippen LogP contribution in [0.25, 0.3) is 22.3 Å². The molecule has 1 amide bonds. The molecule has 10 heteroatoms. The number of H-pyrrole nitrogens is 1. The third-order valence-corrected chi connectivity index (χ3v) is 7.42. The van der Waals surface area contributed by atoms with E-state index in [1.165, 1.54) is 12.1 Å². The molecule has 41 heavy (non-hydrogen) atoms. The highest BCUT2D eigenvalue weighted by atomic mass is 16.6. The minimum absolute atomic E-state index is 0.0851. The van der Waals surface area contributed by atoms with Gasteiger partial charge in [-0.15, -0.1) is 0 Å². The number of nitro benzene ring substituents is 1. The van der Waals surface area contributed by atoms with Gasteiger partial charge in [-0.05, 0) is 48.7 Å². The van der Waals surface area contributed by atoms with Crippen LogP contribution in [0, 0.1) is 10.1 Å². The Labute approximate surface area is 235 Å². The largest absolute Gasteiger partial charge is 0.494 e. The van der Waals surface area contributed by atoms with Crippen molar-refractivity contribution >= 4 is 33.9 Å². The maximum atomic E-state index is 12.3. The molecular weight excluding hydrogens is 520 g/mol. The molecule has 3 heterocycles. The first-order valence-corrected chi connectivity index (χ1v) is 13.4. The van der Waals surface area contributed by atoms with Gasteiger partial charge in [-0.2, -0.15) is 0 Å². The highest BCUT2D eigenvalue weighted by Crippen LogP contribution is 2.34. The summed E-state index contributed by atoms with van der Waals surface area (Å²) in [6.45, 7) is 1.29. The predicted molar refractivity (Wildman–Crippen MR) is 156 cm³/mol. The lowest BCUT2D eigenvalue weighted by Crippen LogP contribution is -2.34. The zero-order chi connectivity index (χ0) is 28.5. The molecule has 10 nitrogen and oxygen atoms in total. The highest BCUT2D eigenvalue weighted by molar-refractivity contribution is 6.22. The number of hydrogen-bond acceptors (Lipinski definition) is 6. The van der Waals surface area contributed by atoms with Crippen LogP contribution < -0.4 is 0 Å². The van der Waals surface area contributed by atoms with Crippen molar-refractivity contribution in [2.24, 2.45) is 12.0 Å². The van der Waals surface area contributed by atoms with Gasteiger partial charge in [0.2, 0.25) is 5.91 Å². The summed E-state index contributed by atoms with van der Waals surface area (Å²) in [5.74, 6) is 0.860. The van der Waals surface area contributed by atoms with Gasteiger partial charge in [0, 0.05) is 73.1 Å². The van der Waals surface area contributed by atoms with Crippen LogP contribution in [0.3, 0.4) is 0 Å². The average molecular weight is 549 g/mol. The number of carbonyl (C=O) groups excluding carboxylic acids is 1. The minimum atomic E-state index is -0.461. The molecule has 0 bridgehead atoms. The topological polar surface area (TPSA) is 130 Å². The number of aromatic nitrogens is 3. The number of benzene rings is 3. The highest BCUT2D eigenvalue weighted by Gasteiger charge is 2.22. The van der Waals surface area contributed by atoms with Crippen molar-refractivity contribution in [3.8, 4) is 17.3 Å². The molecule has 206 valence electrons. The van der Waals surface area contributed by atoms with E-state index in [4.69, 9.17) is 4.99 Å². The molecule has 0 atom stereocenters. The Morgan fingerprint density at radius 2 is 1.88 bits per heavy atom. The predicted octanol–water partition coefficient (Wildman–Crippen LogP) is 5.86. The smallest absolute Gasteiger partial charge is 0.270 e. The molecule has 2 aromatic heterocycles. The lowest BCUT2D eigenvalue weighted by atomic mass is 9.99. The number of imidazole rings is 1. The number of aromatic amines is 1. The third kappa shape index (κ3) is 5.19. The number of aliphatic imine (C=N–C) groups is 1. The maximum Gasteiger partial charge on any atom is 0.270 e. The van der Waals surface area contributed by atoms with Crippen LogP contribution in [0.15, 0.2) is 84.1 Å². The first-order chi connectivity index (χ1) is 19.9. The first kappa shape index (κ1) is 26.0. The molecule has 2 N–H and O–H groups in total. The summed E-state index contributed by atoms with van der Waals surface area (Å²) in [5.41, 5.74) is 4.58. The number of carbonyl (C=O) groups is 1. The Morgan fingerprint density at radius 3 is 2.56 bits per heavy atom. The maximum absolute atomic E-state index is 12.3. The molecule has 0 radical (unpaired) electrons. The van der Waals surface area contributed by atoms with Crippen LogP contribution in [0.5, 0.6) is 5.88 Å². The Kier molecular flexibility index (Phi) is 6.80. The van der Waals surface area contributed by atoms with Gasteiger partial charge in [-0.1, -0.05) is 24.3 Å². The molecule has 3 aromatic carbocycles. The zero-order valence-electron chi connectivity index (χ0n) is 22.4. The number of amides is 1. The molecule has 0 aliphatic carbocycles. The molecule has 0 saturated carbocycles. The third-order valence-electron chi connectivity index (χ3n) is 7.42. The fraction of sp³-hybridized carbons (Fsp3) is 0.194. The average Bonchev–Trinajstić information content (AvgIpc) is 3.55. The number of rotatable bonds is 7. The standard InChI is InChI=1S/C31H28N6O4/c1-35-17-15-32-30(35)22-9-11-23(12-10-22)33-29(28-25-18-24(37(40)41)13-14-26(25)34-31(28)39)21-7-5-20(6-8-21)19-36-16-3-2-4-27(36)38/h5-15,17-18,34,39H,2-4,16,19H2,1H3. The molecule has 0 unspecified atom stereocenters. The summed E-state index contributed by atoms with van der Waals surface area (Å²) in [4.78, 5) is 37.5. The SMILES string of the molecule is Cn1ccnc1-c1ccc(N=C(c2ccc(CN3CCCCC3=O)cc2)c2c(O)[nH]c3ccc([N+](=O)[O-])cc23)cc1. The minimum Gasteiger partial charge on any atom is -0.494 e. The second-order valence-corrected chi connectivity index (χ2v) is 10.2. The van der Waals surface area contributed by atoms with E-state index in [1.54, 1.807) is 12.3 Å². The van der Waals surface area contributed by atoms with Crippen molar-refractivity contribution in [3.05, 3.63) is 106 Å². The van der Waals surface area contributed by atoms with Gasteiger partial charge in [0.05, 0.1) is 21.9 Å². The van der Waals surface area contributed by atoms with E-state index >= 15 is 0 Å². The molecule has 5 aromatic rings. The van der Waals surface area contributed by atoms with E-state index in [9.17, 15) is 20.0 Å². The van der Waals surface area contributed by atoms with Crippen molar-refractivity contribution in [1.82, 2.24) is 19.4 Å². The number of likely N-dealkylation sites (tertiary alicyclic amines) is 1. The van der Waals surface area contributed by atoms with Crippen LogP contribution in [0.2, 0.25) is 0 Å². The number of fused-ring (bicyclic) bond motifs is 1. The van der Waals surface area contributed by atoms with E-state index in [-0.39, 0.29) is 17.5 Å². The molecular formula is C31H28N6O4. The molecule has 0 spiro atoms. The Bertz CT molecular complexity index is 1780. The first-order valence-electron chi connectivity index (χ1n) is 13.4. The second-order valence-electron chi connectivity index (χ2n) is 10.2. The van der Waals surface area contributed by atoms with Crippen molar-refractivity contribution < 1.29 is 14.8 Å². The molecule has 1 aliphatic heterocycles. The van der Waals surface area contributed by atoms with Gasteiger partial charge in [0.25, 0.3) is 5.69 Å². The van der Waals surface area contributed by atoms with Crippen molar-refractivity contribution in [3.63, 3.8) is 0 Å². The van der Waals surface area contributed by atoms with Crippen LogP contribution in [0.1, 0.15) is 36.0 Å². The van der Waals surface area contributed by atoms with E-state index < -0.39 is 4.92 Å². The van der Waals surface area contributed by atoms with Gasteiger partial charge < -0.3 is 19.6 Å². The Morgan fingerprint density at radius 1 is 1.10 bits per heavy atom. The normalized spacial score (nSPS) is 14.1. The van der Waals surface area contributed by atoms with E-state index in [2.05, 4.69) is 9.97 Å². The van der Waals surface area contributed by atoms with Crippen molar-refractivity contribution in [1.29, 1.82) is 0 Å². The molecule has 6 rings (SSSR count). The number of nitrogens with one attached hydrogen (secondary N) is 1. The number of piperidine rings is 1. The lowest BCUT2D eigenvalue weighted by Gasteiger charge is -2.26. The van der Waals surface area contributed by atoms with Crippen molar-refractivity contribution in [2.45, 2.75) is 25.8 Å². The summed E-state index contributed by atoms with van der Waals surface area (Å²) in [6.07, 6.45) is 6.14. The van der Waals surface area contributed by atoms with E-state index in [0.717, 1.165) is 41.9 Å². The Balaban J connectivity index is 1.43. The molecule has 1 saturated heterocycles.